The van der Waals surface area contributed by atoms with Gasteiger partial charge in [0.2, 0.25) is 0 Å². The first kappa shape index (κ1) is 11.5. The van der Waals surface area contributed by atoms with Gasteiger partial charge in [-0.25, -0.2) is 0 Å². The monoisotopic (exact) mass is 221 g/mol. The van der Waals surface area contributed by atoms with Gasteiger partial charge in [-0.3, -0.25) is 9.88 Å². The Balaban J connectivity index is 1.95. The summed E-state index contributed by atoms with van der Waals surface area (Å²) in [6, 6.07) is 4.08. The molecule has 1 atom stereocenters. The highest BCUT2D eigenvalue weighted by Gasteiger charge is 2.35. The molecule has 88 valence electrons. The van der Waals surface area contributed by atoms with E-state index >= 15 is 0 Å². The molecule has 0 aliphatic carbocycles. The number of nitrogens with one attached hydrogen (secondary N) is 1. The van der Waals surface area contributed by atoms with Gasteiger partial charge in [0.15, 0.2) is 0 Å². The van der Waals surface area contributed by atoms with Gasteiger partial charge >= 0.3 is 0 Å². The van der Waals surface area contributed by atoms with Gasteiger partial charge in [0.05, 0.1) is 12.1 Å². The van der Waals surface area contributed by atoms with Crippen molar-refractivity contribution in [2.24, 2.45) is 0 Å². The fraction of sp³-hybridized carbons (Fsp3) is 0.583. The molecule has 0 spiro atoms. The Morgan fingerprint density at radius 3 is 2.81 bits per heavy atom. The number of aliphatic hydroxyl groups excluding tert-OH is 1. The van der Waals surface area contributed by atoms with E-state index < -0.39 is 0 Å². The fourth-order valence-electron chi connectivity index (χ4n) is 2.25. The molecule has 1 aliphatic heterocycles. The molecular formula is C12H19N3O. The first-order valence-electron chi connectivity index (χ1n) is 5.69. The van der Waals surface area contributed by atoms with Crippen molar-refractivity contribution in [3.8, 4) is 0 Å². The van der Waals surface area contributed by atoms with Gasteiger partial charge in [0, 0.05) is 32.0 Å². The number of nitrogens with zero attached hydrogens (tertiary/aromatic N) is 2. The number of pyridine rings is 1. The van der Waals surface area contributed by atoms with E-state index in [2.05, 4.69) is 15.2 Å². The van der Waals surface area contributed by atoms with E-state index in [1.807, 2.05) is 31.6 Å². The lowest BCUT2D eigenvalue weighted by Crippen LogP contribution is -2.48. The number of hydrogen-bond donors (Lipinski definition) is 2. The predicted octanol–water partition coefficient (Wildman–Crippen LogP) is 0.238. The summed E-state index contributed by atoms with van der Waals surface area (Å²) < 4.78 is 0. The Bertz CT molecular complexity index is 324. The zero-order valence-corrected chi connectivity index (χ0v) is 9.69. The third-order valence-electron chi connectivity index (χ3n) is 3.42. The zero-order valence-electron chi connectivity index (χ0n) is 9.69. The average Bonchev–Trinajstić information content (AvgIpc) is 2.75. The standard InChI is InChI=1S/C12H19N3O/c1-13-12(10-16)4-7-15(9-12)8-11-2-5-14-6-3-11/h2-3,5-6,13,16H,4,7-10H2,1H3. The van der Waals surface area contributed by atoms with Crippen LogP contribution in [0.25, 0.3) is 0 Å². The Kier molecular flexibility index (Phi) is 3.53. The number of hydrogen-bond acceptors (Lipinski definition) is 4. The van der Waals surface area contributed by atoms with Crippen LogP contribution in [0.1, 0.15) is 12.0 Å². The summed E-state index contributed by atoms with van der Waals surface area (Å²) in [5, 5.41) is 12.6. The van der Waals surface area contributed by atoms with Crippen LogP contribution in [-0.2, 0) is 6.54 Å². The first-order valence-corrected chi connectivity index (χ1v) is 5.69. The van der Waals surface area contributed by atoms with Gasteiger partial charge in [0.1, 0.15) is 0 Å². The number of likely N-dealkylation sites (N-methyl/N-ethyl adjacent to an activating group) is 1. The lowest BCUT2D eigenvalue weighted by Gasteiger charge is -2.26. The maximum Gasteiger partial charge on any atom is 0.0626 e. The topological polar surface area (TPSA) is 48.4 Å². The summed E-state index contributed by atoms with van der Waals surface area (Å²) in [4.78, 5) is 6.37. The van der Waals surface area contributed by atoms with Crippen LogP contribution in [0, 0.1) is 0 Å². The second kappa shape index (κ2) is 4.91. The molecule has 16 heavy (non-hydrogen) atoms. The molecule has 1 saturated heterocycles. The van der Waals surface area contributed by atoms with Gasteiger partial charge in [-0.15, -0.1) is 0 Å². The smallest absolute Gasteiger partial charge is 0.0626 e. The molecule has 0 radical (unpaired) electrons. The molecular weight excluding hydrogens is 202 g/mol. The van der Waals surface area contributed by atoms with Crippen LogP contribution >= 0.6 is 0 Å². The Morgan fingerprint density at radius 1 is 1.50 bits per heavy atom. The van der Waals surface area contributed by atoms with Crippen LogP contribution in [-0.4, -0.2) is 47.3 Å². The molecule has 2 heterocycles. The van der Waals surface area contributed by atoms with Crippen molar-refractivity contribution in [2.45, 2.75) is 18.5 Å². The van der Waals surface area contributed by atoms with E-state index in [1.54, 1.807) is 0 Å². The third kappa shape index (κ3) is 2.40. The molecule has 2 N–H and O–H groups in total. The molecule has 2 rings (SSSR count). The summed E-state index contributed by atoms with van der Waals surface area (Å²) in [5.41, 5.74) is 1.17. The van der Waals surface area contributed by atoms with Gasteiger partial charge in [-0.1, -0.05) is 0 Å². The SMILES string of the molecule is CNC1(CO)CCN(Cc2ccncc2)C1. The average molecular weight is 221 g/mol. The summed E-state index contributed by atoms with van der Waals surface area (Å²) in [6.07, 6.45) is 4.65. The highest BCUT2D eigenvalue weighted by atomic mass is 16.3. The molecule has 4 heteroatoms. The lowest BCUT2D eigenvalue weighted by molar-refractivity contribution is 0.167. The summed E-state index contributed by atoms with van der Waals surface area (Å²) >= 11 is 0. The van der Waals surface area contributed by atoms with Crippen LogP contribution in [0.4, 0.5) is 0 Å². The molecule has 0 aromatic carbocycles. The molecule has 1 unspecified atom stereocenters. The van der Waals surface area contributed by atoms with Crippen molar-refractivity contribution < 1.29 is 5.11 Å². The van der Waals surface area contributed by atoms with Gasteiger partial charge in [-0.2, -0.15) is 0 Å². The quantitative estimate of drug-likeness (QED) is 0.764. The van der Waals surface area contributed by atoms with Crippen molar-refractivity contribution in [3.63, 3.8) is 0 Å². The number of aliphatic hydroxyl groups is 1. The second-order valence-electron chi connectivity index (χ2n) is 4.50. The van der Waals surface area contributed by atoms with Crippen molar-refractivity contribution >= 4 is 0 Å². The maximum atomic E-state index is 9.40. The minimum Gasteiger partial charge on any atom is -0.394 e. The third-order valence-corrected chi connectivity index (χ3v) is 3.42. The van der Waals surface area contributed by atoms with E-state index in [9.17, 15) is 5.11 Å². The summed E-state index contributed by atoms with van der Waals surface area (Å²) in [7, 11) is 1.92. The number of likely N-dealkylation sites (tertiary alicyclic amines) is 1. The van der Waals surface area contributed by atoms with Gasteiger partial charge in [-0.05, 0) is 31.2 Å². The minimum atomic E-state index is -0.104. The van der Waals surface area contributed by atoms with E-state index in [1.165, 1.54) is 5.56 Å². The van der Waals surface area contributed by atoms with E-state index in [4.69, 9.17) is 0 Å². The van der Waals surface area contributed by atoms with Crippen molar-refractivity contribution in [1.82, 2.24) is 15.2 Å². The second-order valence-corrected chi connectivity index (χ2v) is 4.50. The normalized spacial score (nSPS) is 26.1. The highest BCUT2D eigenvalue weighted by Crippen LogP contribution is 2.21. The van der Waals surface area contributed by atoms with Crippen molar-refractivity contribution in [3.05, 3.63) is 30.1 Å². The maximum absolute atomic E-state index is 9.40. The lowest BCUT2D eigenvalue weighted by atomic mass is 10.0. The van der Waals surface area contributed by atoms with Crippen LogP contribution < -0.4 is 5.32 Å². The number of aromatic nitrogens is 1. The molecule has 1 aliphatic rings. The number of rotatable bonds is 4. The van der Waals surface area contributed by atoms with Crippen LogP contribution in [0.3, 0.4) is 0 Å². The first-order chi connectivity index (χ1) is 7.78. The van der Waals surface area contributed by atoms with E-state index in [-0.39, 0.29) is 12.1 Å². The molecule has 4 nitrogen and oxygen atoms in total. The molecule has 0 amide bonds. The summed E-state index contributed by atoms with van der Waals surface area (Å²) in [6.45, 7) is 3.08. The zero-order chi connectivity index (χ0) is 11.4. The minimum absolute atomic E-state index is 0.104. The highest BCUT2D eigenvalue weighted by molar-refractivity contribution is 5.10. The Morgan fingerprint density at radius 2 is 2.25 bits per heavy atom. The van der Waals surface area contributed by atoms with Gasteiger partial charge in [0.25, 0.3) is 0 Å². The van der Waals surface area contributed by atoms with Crippen LogP contribution in [0.15, 0.2) is 24.5 Å². The Labute approximate surface area is 96.3 Å². The van der Waals surface area contributed by atoms with E-state index in [0.29, 0.717) is 0 Å². The molecule has 0 saturated carbocycles. The molecule has 1 fully saturated rings. The van der Waals surface area contributed by atoms with Crippen molar-refractivity contribution in [1.29, 1.82) is 0 Å². The largest absolute Gasteiger partial charge is 0.394 e. The van der Waals surface area contributed by atoms with Crippen LogP contribution in [0.2, 0.25) is 0 Å². The van der Waals surface area contributed by atoms with Crippen LogP contribution in [0.5, 0.6) is 0 Å². The van der Waals surface area contributed by atoms with Crippen molar-refractivity contribution in [2.75, 3.05) is 26.7 Å². The Hall–Kier alpha value is -0.970. The molecule has 1 aromatic rings. The predicted molar refractivity (Wildman–Crippen MR) is 63.0 cm³/mol. The fourth-order valence-corrected chi connectivity index (χ4v) is 2.25. The molecule has 1 aromatic heterocycles. The molecule has 0 bridgehead atoms. The van der Waals surface area contributed by atoms with E-state index in [0.717, 1.165) is 26.1 Å². The summed E-state index contributed by atoms with van der Waals surface area (Å²) in [5.74, 6) is 0. The van der Waals surface area contributed by atoms with Gasteiger partial charge < -0.3 is 10.4 Å².